The number of hydrogen-bond donors (Lipinski definition) is 1. The number of likely N-dealkylation sites (N-methyl/N-ethyl adjacent to an activating group) is 1. The molecule has 1 aliphatic heterocycles. The van der Waals surface area contributed by atoms with Crippen LogP contribution in [-0.4, -0.2) is 28.5 Å². The molecule has 2 aromatic carbocycles. The van der Waals surface area contributed by atoms with E-state index in [-0.39, 0.29) is 11.6 Å². The Morgan fingerprint density at radius 2 is 1.71 bits per heavy atom. The van der Waals surface area contributed by atoms with Crippen LogP contribution in [0.4, 0.5) is 4.79 Å². The predicted octanol–water partition coefficient (Wildman–Crippen LogP) is 4.96. The monoisotopic (exact) mass is 479 g/mol. The minimum absolute atomic E-state index is 0.282. The summed E-state index contributed by atoms with van der Waals surface area (Å²) in [5, 5.41) is 2.61. The van der Waals surface area contributed by atoms with E-state index in [2.05, 4.69) is 25.8 Å². The summed E-state index contributed by atoms with van der Waals surface area (Å²) in [6, 6.07) is 17.5. The third kappa shape index (κ3) is 4.27. The molecular weight excluding hydrogens is 458 g/mol. The number of rotatable bonds is 5. The van der Waals surface area contributed by atoms with Gasteiger partial charge < -0.3 is 14.6 Å². The summed E-state index contributed by atoms with van der Waals surface area (Å²) in [5.41, 5.74) is 5.26. The van der Waals surface area contributed by atoms with Gasteiger partial charge in [0.1, 0.15) is 18.1 Å². The maximum Gasteiger partial charge on any atom is 0.328 e. The minimum Gasteiger partial charge on any atom is -0.489 e. The highest BCUT2D eigenvalue weighted by Gasteiger charge is 2.30. The van der Waals surface area contributed by atoms with E-state index in [9.17, 15) is 9.59 Å². The molecule has 1 aliphatic rings. The van der Waals surface area contributed by atoms with Crippen LogP contribution in [0.3, 0.4) is 0 Å². The molecule has 0 atom stereocenters. The fourth-order valence-corrected chi connectivity index (χ4v) is 3.81. The van der Waals surface area contributed by atoms with Crippen molar-refractivity contribution < 1.29 is 14.3 Å². The van der Waals surface area contributed by atoms with Crippen molar-refractivity contribution in [2.75, 3.05) is 7.05 Å². The summed E-state index contributed by atoms with van der Waals surface area (Å²) in [5.74, 6) is 0.459. The van der Waals surface area contributed by atoms with E-state index in [1.807, 2.05) is 68.4 Å². The zero-order chi connectivity index (χ0) is 22.1. The van der Waals surface area contributed by atoms with Gasteiger partial charge in [0.05, 0.1) is 0 Å². The molecule has 6 nitrogen and oxygen atoms in total. The number of nitrogens with one attached hydrogen (secondary N) is 1. The van der Waals surface area contributed by atoms with Crippen LogP contribution in [0.2, 0.25) is 0 Å². The summed E-state index contributed by atoms with van der Waals surface area (Å²) in [7, 11) is 1.46. The summed E-state index contributed by atoms with van der Waals surface area (Å²) in [6.45, 7) is 4.50. The first-order valence-corrected chi connectivity index (χ1v) is 10.6. The molecule has 0 radical (unpaired) electrons. The van der Waals surface area contributed by atoms with E-state index in [0.29, 0.717) is 6.61 Å². The van der Waals surface area contributed by atoms with Gasteiger partial charge >= 0.3 is 6.03 Å². The van der Waals surface area contributed by atoms with E-state index in [0.717, 1.165) is 43.3 Å². The number of amides is 3. The molecule has 1 saturated heterocycles. The maximum atomic E-state index is 12.2. The van der Waals surface area contributed by atoms with Gasteiger partial charge in [-0.2, -0.15) is 0 Å². The number of carbonyl (C=O) groups excluding carboxylic acids is 2. The number of nitrogens with zero attached hydrogens (tertiary/aromatic N) is 2. The quantitative estimate of drug-likeness (QED) is 0.415. The topological polar surface area (TPSA) is 63.6 Å². The standard InChI is InChI=1S/C24H22BrN3O3/c1-15-12-18(13-22-23(29)27(3)24(30)26-22)16(2)28(15)20-8-10-21(11-9-20)31-14-17-4-6-19(25)7-5-17/h4-13H,14H2,1-3H3,(H,26,30)/b22-13+. The van der Waals surface area contributed by atoms with Crippen molar-refractivity contribution in [2.45, 2.75) is 20.5 Å². The van der Waals surface area contributed by atoms with Crippen LogP contribution in [-0.2, 0) is 11.4 Å². The largest absolute Gasteiger partial charge is 0.489 e. The molecule has 0 spiro atoms. The number of carbonyl (C=O) groups is 2. The third-order valence-electron chi connectivity index (χ3n) is 5.27. The highest BCUT2D eigenvalue weighted by molar-refractivity contribution is 9.10. The number of halogens is 1. The summed E-state index contributed by atoms with van der Waals surface area (Å²) in [4.78, 5) is 24.9. The first kappa shape index (κ1) is 20.9. The molecule has 158 valence electrons. The van der Waals surface area contributed by atoms with Gasteiger partial charge in [0.2, 0.25) is 0 Å². The zero-order valence-corrected chi connectivity index (χ0v) is 19.1. The van der Waals surface area contributed by atoms with Crippen LogP contribution >= 0.6 is 15.9 Å². The van der Waals surface area contributed by atoms with E-state index in [1.165, 1.54) is 7.05 Å². The highest BCUT2D eigenvalue weighted by Crippen LogP contribution is 2.25. The van der Waals surface area contributed by atoms with Crippen molar-refractivity contribution in [3.8, 4) is 11.4 Å². The molecule has 1 aromatic heterocycles. The number of urea groups is 1. The van der Waals surface area contributed by atoms with Crippen molar-refractivity contribution in [2.24, 2.45) is 0 Å². The summed E-state index contributed by atoms with van der Waals surface area (Å²) < 4.78 is 9.04. The van der Waals surface area contributed by atoms with Gasteiger partial charge in [-0.15, -0.1) is 0 Å². The first-order valence-electron chi connectivity index (χ1n) is 9.81. The fourth-order valence-electron chi connectivity index (χ4n) is 3.55. The lowest BCUT2D eigenvalue weighted by molar-refractivity contribution is -0.121. The predicted molar refractivity (Wildman–Crippen MR) is 123 cm³/mol. The average Bonchev–Trinajstić information content (AvgIpc) is 3.17. The molecule has 3 amide bonds. The van der Waals surface area contributed by atoms with Crippen LogP contribution < -0.4 is 10.1 Å². The number of ether oxygens (including phenoxy) is 1. The molecular formula is C24H22BrN3O3. The number of benzene rings is 2. The molecule has 0 saturated carbocycles. The van der Waals surface area contributed by atoms with Gasteiger partial charge in [-0.3, -0.25) is 9.69 Å². The lowest BCUT2D eigenvalue weighted by Crippen LogP contribution is -2.25. The van der Waals surface area contributed by atoms with Crippen LogP contribution in [0.25, 0.3) is 11.8 Å². The maximum absolute atomic E-state index is 12.2. The third-order valence-corrected chi connectivity index (χ3v) is 5.79. The SMILES string of the molecule is Cc1cc(/C=C2/NC(=O)N(C)C2=O)c(C)n1-c1ccc(OCc2ccc(Br)cc2)cc1. The summed E-state index contributed by atoms with van der Waals surface area (Å²) in [6.07, 6.45) is 1.72. The normalized spacial score (nSPS) is 15.0. The van der Waals surface area contributed by atoms with Crippen molar-refractivity contribution in [1.29, 1.82) is 0 Å². The Kier molecular flexibility index (Phi) is 5.69. The molecule has 1 N–H and O–H groups in total. The first-order chi connectivity index (χ1) is 14.8. The van der Waals surface area contributed by atoms with Crippen molar-refractivity contribution >= 4 is 33.9 Å². The van der Waals surface area contributed by atoms with Crippen LogP contribution in [0, 0.1) is 13.8 Å². The van der Waals surface area contributed by atoms with Gasteiger partial charge in [-0.25, -0.2) is 4.79 Å². The number of aryl methyl sites for hydroxylation is 1. The van der Waals surface area contributed by atoms with Gasteiger partial charge in [0, 0.05) is 28.6 Å². The van der Waals surface area contributed by atoms with Gasteiger partial charge in [-0.1, -0.05) is 28.1 Å². The van der Waals surface area contributed by atoms with E-state index < -0.39 is 6.03 Å². The Labute approximate surface area is 189 Å². The average molecular weight is 480 g/mol. The fraction of sp³-hybridized carbons (Fsp3) is 0.167. The second kappa shape index (κ2) is 8.43. The van der Waals surface area contributed by atoms with E-state index >= 15 is 0 Å². The van der Waals surface area contributed by atoms with Crippen LogP contribution in [0.5, 0.6) is 5.75 Å². The Hall–Kier alpha value is -3.32. The van der Waals surface area contributed by atoms with E-state index in [4.69, 9.17) is 4.74 Å². The molecule has 0 aliphatic carbocycles. The molecule has 2 heterocycles. The van der Waals surface area contributed by atoms with Gasteiger partial charge in [0.15, 0.2) is 0 Å². The van der Waals surface area contributed by atoms with Crippen LogP contribution in [0.1, 0.15) is 22.5 Å². The van der Waals surface area contributed by atoms with Crippen molar-refractivity contribution in [3.63, 3.8) is 0 Å². The smallest absolute Gasteiger partial charge is 0.328 e. The number of aromatic nitrogens is 1. The molecule has 4 rings (SSSR count). The minimum atomic E-state index is -0.413. The Morgan fingerprint density at radius 3 is 2.32 bits per heavy atom. The molecule has 7 heteroatoms. The Balaban J connectivity index is 1.53. The highest BCUT2D eigenvalue weighted by atomic mass is 79.9. The van der Waals surface area contributed by atoms with Gasteiger partial charge in [0.25, 0.3) is 5.91 Å². The van der Waals surface area contributed by atoms with Gasteiger partial charge in [-0.05, 0) is 73.5 Å². The molecule has 0 bridgehead atoms. The molecule has 31 heavy (non-hydrogen) atoms. The molecule has 1 fully saturated rings. The Bertz CT molecular complexity index is 1180. The zero-order valence-electron chi connectivity index (χ0n) is 17.5. The second-order valence-corrected chi connectivity index (χ2v) is 8.34. The van der Waals surface area contributed by atoms with E-state index in [1.54, 1.807) is 6.08 Å². The van der Waals surface area contributed by atoms with Crippen molar-refractivity contribution in [3.05, 3.63) is 87.3 Å². The lowest BCUT2D eigenvalue weighted by Gasteiger charge is -2.12. The number of hydrogen-bond acceptors (Lipinski definition) is 3. The summed E-state index contributed by atoms with van der Waals surface area (Å²) >= 11 is 3.43. The molecule has 3 aromatic rings. The molecule has 0 unspecified atom stereocenters. The second-order valence-electron chi connectivity index (χ2n) is 7.42. The lowest BCUT2D eigenvalue weighted by atomic mass is 10.2. The van der Waals surface area contributed by atoms with Crippen LogP contribution in [0.15, 0.2) is 64.8 Å². The Morgan fingerprint density at radius 1 is 1.03 bits per heavy atom. The number of imide groups is 1. The van der Waals surface area contributed by atoms with Crippen molar-refractivity contribution in [1.82, 2.24) is 14.8 Å².